The van der Waals surface area contributed by atoms with E-state index in [1.54, 1.807) is 0 Å². The molecule has 0 amide bonds. The van der Waals surface area contributed by atoms with Crippen molar-refractivity contribution < 1.29 is 9.90 Å². The van der Waals surface area contributed by atoms with Gasteiger partial charge >= 0.3 is 5.97 Å². The molecule has 1 saturated heterocycles. The molecule has 0 aliphatic carbocycles. The van der Waals surface area contributed by atoms with Crippen LogP contribution in [0.4, 0.5) is 5.82 Å². The number of nitrogens with one attached hydrogen (secondary N) is 1. The van der Waals surface area contributed by atoms with E-state index < -0.39 is 12.0 Å². The number of hydrogen-bond acceptors (Lipinski definition) is 5. The third-order valence-corrected chi connectivity index (χ3v) is 3.04. The fourth-order valence-corrected chi connectivity index (χ4v) is 2.13. The van der Waals surface area contributed by atoms with Gasteiger partial charge in [-0.1, -0.05) is 13.3 Å². The molecule has 2 rings (SSSR count). The zero-order valence-electron chi connectivity index (χ0n) is 10.5. The van der Waals surface area contributed by atoms with Gasteiger partial charge in [0.05, 0.1) is 0 Å². The Labute approximate surface area is 106 Å². The first kappa shape index (κ1) is 12.8. The Bertz CT molecular complexity index is 424. The molecule has 2 heterocycles. The van der Waals surface area contributed by atoms with Crippen molar-refractivity contribution in [3.8, 4) is 0 Å². The smallest absolute Gasteiger partial charge is 0.327 e. The molecule has 0 spiro atoms. The molecule has 1 atom stereocenters. The van der Waals surface area contributed by atoms with E-state index in [9.17, 15) is 9.90 Å². The average Bonchev–Trinajstić information content (AvgIpc) is 2.39. The number of carboxylic acid groups (broad SMARTS) is 1. The summed E-state index contributed by atoms with van der Waals surface area (Å²) >= 11 is 0. The van der Waals surface area contributed by atoms with E-state index in [0.29, 0.717) is 18.9 Å². The van der Waals surface area contributed by atoms with Crippen LogP contribution in [0.15, 0.2) is 12.4 Å². The third kappa shape index (κ3) is 2.76. The quantitative estimate of drug-likeness (QED) is 0.800. The van der Waals surface area contributed by atoms with E-state index in [1.807, 2.05) is 11.0 Å². The lowest BCUT2D eigenvalue weighted by Crippen LogP contribution is -2.55. The van der Waals surface area contributed by atoms with Crippen LogP contribution in [0.2, 0.25) is 0 Å². The molecule has 18 heavy (non-hydrogen) atoms. The van der Waals surface area contributed by atoms with Gasteiger partial charge in [0.1, 0.15) is 18.2 Å². The first-order valence-corrected chi connectivity index (χ1v) is 6.23. The second-order valence-corrected chi connectivity index (χ2v) is 4.37. The monoisotopic (exact) mass is 250 g/mol. The first-order valence-electron chi connectivity index (χ1n) is 6.23. The summed E-state index contributed by atoms with van der Waals surface area (Å²) in [5, 5.41) is 12.3. The van der Waals surface area contributed by atoms with Crippen LogP contribution < -0.4 is 10.2 Å². The number of hydrogen-bond donors (Lipinski definition) is 2. The lowest BCUT2D eigenvalue weighted by Gasteiger charge is -2.34. The van der Waals surface area contributed by atoms with Crippen molar-refractivity contribution in [2.24, 2.45) is 0 Å². The maximum absolute atomic E-state index is 11.2. The molecule has 0 saturated carbocycles. The molecule has 0 bridgehead atoms. The van der Waals surface area contributed by atoms with Crippen molar-refractivity contribution >= 4 is 11.8 Å². The molecule has 1 aliphatic rings. The molecule has 6 heteroatoms. The molecule has 0 aromatic carbocycles. The Morgan fingerprint density at radius 1 is 1.61 bits per heavy atom. The maximum Gasteiger partial charge on any atom is 0.327 e. The van der Waals surface area contributed by atoms with Gasteiger partial charge in [0.15, 0.2) is 0 Å². The number of aromatic nitrogens is 2. The fraction of sp³-hybridized carbons (Fsp3) is 0.583. The average molecular weight is 250 g/mol. The van der Waals surface area contributed by atoms with Gasteiger partial charge in [-0.3, -0.25) is 0 Å². The number of piperazine rings is 1. The lowest BCUT2D eigenvalue weighted by molar-refractivity contribution is -0.138. The minimum atomic E-state index is -0.821. The number of carbonyl (C=O) groups is 1. The predicted octanol–water partition coefficient (Wildman–Crippen LogP) is 0.292. The summed E-state index contributed by atoms with van der Waals surface area (Å²) in [5.74, 6) is -0.111. The van der Waals surface area contributed by atoms with Crippen LogP contribution in [0, 0.1) is 0 Å². The predicted molar refractivity (Wildman–Crippen MR) is 67.7 cm³/mol. The van der Waals surface area contributed by atoms with Gasteiger partial charge in [-0.25, -0.2) is 14.8 Å². The van der Waals surface area contributed by atoms with Gasteiger partial charge < -0.3 is 15.3 Å². The number of aliphatic carboxylic acids is 1. The summed E-state index contributed by atoms with van der Waals surface area (Å²) in [4.78, 5) is 21.5. The van der Waals surface area contributed by atoms with Gasteiger partial charge in [0.25, 0.3) is 0 Å². The Kier molecular flexibility index (Phi) is 4.09. The van der Waals surface area contributed by atoms with Crippen molar-refractivity contribution in [2.75, 3.05) is 24.5 Å². The van der Waals surface area contributed by atoms with Crippen molar-refractivity contribution in [1.82, 2.24) is 15.3 Å². The van der Waals surface area contributed by atoms with Crippen molar-refractivity contribution in [2.45, 2.75) is 25.8 Å². The Balaban J connectivity index is 2.22. The standard InChI is InChI=1S/C12H18N4O2/c1-2-3-9-6-11(15-8-14-9)16-5-4-13-7-10(16)12(17)18/h6,8,10,13H,2-5,7H2,1H3,(H,17,18). The van der Waals surface area contributed by atoms with Crippen LogP contribution in [0.1, 0.15) is 19.0 Å². The Hall–Kier alpha value is -1.69. The topological polar surface area (TPSA) is 78.4 Å². The number of anilines is 1. The Morgan fingerprint density at radius 2 is 2.44 bits per heavy atom. The minimum Gasteiger partial charge on any atom is -0.480 e. The van der Waals surface area contributed by atoms with Gasteiger partial charge in [-0.15, -0.1) is 0 Å². The van der Waals surface area contributed by atoms with Crippen LogP contribution in [0.3, 0.4) is 0 Å². The zero-order valence-corrected chi connectivity index (χ0v) is 10.5. The fourth-order valence-electron chi connectivity index (χ4n) is 2.13. The van der Waals surface area contributed by atoms with Crippen LogP contribution in [0.25, 0.3) is 0 Å². The lowest BCUT2D eigenvalue weighted by atomic mass is 10.2. The largest absolute Gasteiger partial charge is 0.480 e. The molecule has 2 N–H and O–H groups in total. The van der Waals surface area contributed by atoms with E-state index >= 15 is 0 Å². The second-order valence-electron chi connectivity index (χ2n) is 4.37. The Morgan fingerprint density at radius 3 is 3.17 bits per heavy atom. The molecule has 1 aliphatic heterocycles. The summed E-state index contributed by atoms with van der Waals surface area (Å²) in [6.07, 6.45) is 3.42. The summed E-state index contributed by atoms with van der Waals surface area (Å²) in [7, 11) is 0. The van der Waals surface area contributed by atoms with Gasteiger partial charge in [0, 0.05) is 31.4 Å². The number of carboxylic acids is 1. The summed E-state index contributed by atoms with van der Waals surface area (Å²) in [6.45, 7) is 3.96. The van der Waals surface area contributed by atoms with Crippen molar-refractivity contribution in [3.63, 3.8) is 0 Å². The minimum absolute atomic E-state index is 0.447. The van der Waals surface area contributed by atoms with Crippen LogP contribution in [-0.2, 0) is 11.2 Å². The molecule has 6 nitrogen and oxygen atoms in total. The molecular weight excluding hydrogens is 232 g/mol. The van der Waals surface area contributed by atoms with Crippen LogP contribution in [-0.4, -0.2) is 46.7 Å². The molecular formula is C12H18N4O2. The van der Waals surface area contributed by atoms with Gasteiger partial charge in [0.2, 0.25) is 0 Å². The van der Waals surface area contributed by atoms with E-state index in [-0.39, 0.29) is 0 Å². The van der Waals surface area contributed by atoms with E-state index in [2.05, 4.69) is 22.2 Å². The highest BCUT2D eigenvalue weighted by Crippen LogP contribution is 2.16. The molecule has 1 unspecified atom stereocenters. The summed E-state index contributed by atoms with van der Waals surface area (Å²) in [5.41, 5.74) is 0.963. The molecule has 1 aromatic heterocycles. The molecule has 1 aromatic rings. The highest BCUT2D eigenvalue weighted by Gasteiger charge is 2.29. The number of nitrogens with zero attached hydrogens (tertiary/aromatic N) is 3. The van der Waals surface area contributed by atoms with E-state index in [4.69, 9.17) is 0 Å². The van der Waals surface area contributed by atoms with Crippen molar-refractivity contribution in [1.29, 1.82) is 0 Å². The summed E-state index contributed by atoms with van der Waals surface area (Å²) < 4.78 is 0. The van der Waals surface area contributed by atoms with Crippen LogP contribution >= 0.6 is 0 Å². The number of aryl methyl sites for hydroxylation is 1. The normalized spacial score (nSPS) is 19.8. The second kappa shape index (κ2) is 5.77. The highest BCUT2D eigenvalue weighted by atomic mass is 16.4. The molecule has 0 radical (unpaired) electrons. The van der Waals surface area contributed by atoms with E-state index in [0.717, 1.165) is 25.1 Å². The molecule has 98 valence electrons. The van der Waals surface area contributed by atoms with Gasteiger partial charge in [-0.2, -0.15) is 0 Å². The third-order valence-electron chi connectivity index (χ3n) is 3.04. The zero-order chi connectivity index (χ0) is 13.0. The van der Waals surface area contributed by atoms with Crippen molar-refractivity contribution in [3.05, 3.63) is 18.1 Å². The first-order chi connectivity index (χ1) is 8.72. The van der Waals surface area contributed by atoms with E-state index in [1.165, 1.54) is 6.33 Å². The summed E-state index contributed by atoms with van der Waals surface area (Å²) in [6, 6.07) is 1.34. The van der Waals surface area contributed by atoms with Gasteiger partial charge in [-0.05, 0) is 6.42 Å². The molecule has 1 fully saturated rings. The number of rotatable bonds is 4. The van der Waals surface area contributed by atoms with Crippen LogP contribution in [0.5, 0.6) is 0 Å². The maximum atomic E-state index is 11.2. The highest BCUT2D eigenvalue weighted by molar-refractivity contribution is 5.78. The SMILES string of the molecule is CCCc1cc(N2CCNCC2C(=O)O)ncn1.